The van der Waals surface area contributed by atoms with Crippen molar-refractivity contribution in [2.24, 2.45) is 0 Å². The molecule has 0 bridgehead atoms. The molecule has 4 nitrogen and oxygen atoms in total. The van der Waals surface area contributed by atoms with Gasteiger partial charge < -0.3 is 10.1 Å². The molecule has 0 rings (SSSR count). The predicted molar refractivity (Wildman–Crippen MR) is 72.0 cm³/mol. The summed E-state index contributed by atoms with van der Waals surface area (Å²) in [6, 6.07) is 0. The molecular formula is C14H23NO3. The molecule has 0 atom stereocenters. The molecule has 0 aliphatic carbocycles. The van der Waals surface area contributed by atoms with Gasteiger partial charge in [-0.05, 0) is 26.7 Å². The van der Waals surface area contributed by atoms with Crippen LogP contribution in [0, 0.1) is 0 Å². The van der Waals surface area contributed by atoms with Gasteiger partial charge in [-0.2, -0.15) is 0 Å². The number of hydrogen-bond acceptors (Lipinski definition) is 3. The summed E-state index contributed by atoms with van der Waals surface area (Å²) in [6.45, 7) is 10.9. The zero-order chi connectivity index (χ0) is 14.0. The highest BCUT2D eigenvalue weighted by atomic mass is 16.5. The molecule has 0 aromatic rings. The van der Waals surface area contributed by atoms with Gasteiger partial charge in [-0.3, -0.25) is 9.59 Å². The van der Waals surface area contributed by atoms with Crippen LogP contribution in [-0.2, 0) is 14.3 Å². The van der Waals surface area contributed by atoms with Crippen LogP contribution in [0.25, 0.3) is 0 Å². The number of esters is 1. The van der Waals surface area contributed by atoms with Crippen molar-refractivity contribution in [1.82, 2.24) is 5.32 Å². The molecule has 102 valence electrons. The molecule has 1 amide bonds. The van der Waals surface area contributed by atoms with Gasteiger partial charge in [0.05, 0.1) is 5.54 Å². The Kier molecular flexibility index (Phi) is 7.76. The van der Waals surface area contributed by atoms with Gasteiger partial charge in [0, 0.05) is 12.8 Å². The fraction of sp³-hybridized carbons (Fsp3) is 0.571. The number of amides is 1. The van der Waals surface area contributed by atoms with Crippen molar-refractivity contribution in [2.75, 3.05) is 6.61 Å². The minimum atomic E-state index is -0.553. The lowest BCUT2D eigenvalue weighted by atomic mass is 10.1. The summed E-state index contributed by atoms with van der Waals surface area (Å²) >= 11 is 0. The van der Waals surface area contributed by atoms with Crippen LogP contribution < -0.4 is 5.32 Å². The van der Waals surface area contributed by atoms with Gasteiger partial charge in [0.1, 0.15) is 6.61 Å². The minimum Gasteiger partial charge on any atom is -0.463 e. The standard InChI is InChI=1S/C14H23NO3/c1-5-7-9-12(16)15-14(3,4)11-18-13(17)10-8-6-2/h5-6H,1-2,7-11H2,3-4H3,(H,15,16). The summed E-state index contributed by atoms with van der Waals surface area (Å²) in [5, 5.41) is 2.82. The molecule has 4 heteroatoms. The molecule has 0 fully saturated rings. The van der Waals surface area contributed by atoms with Crippen LogP contribution in [0.3, 0.4) is 0 Å². The number of allylic oxidation sites excluding steroid dienone is 2. The Bertz CT molecular complexity index is 308. The Morgan fingerprint density at radius 1 is 1.17 bits per heavy atom. The lowest BCUT2D eigenvalue weighted by molar-refractivity contribution is -0.146. The normalized spacial score (nSPS) is 10.6. The van der Waals surface area contributed by atoms with E-state index in [0.29, 0.717) is 25.7 Å². The maximum absolute atomic E-state index is 11.5. The summed E-state index contributed by atoms with van der Waals surface area (Å²) in [6.07, 6.45) is 5.33. The van der Waals surface area contributed by atoms with Gasteiger partial charge in [0.15, 0.2) is 0 Å². The molecule has 0 saturated carbocycles. The number of hydrogen-bond donors (Lipinski definition) is 1. The molecule has 0 aliphatic rings. The summed E-state index contributed by atoms with van der Waals surface area (Å²) in [7, 11) is 0. The van der Waals surface area contributed by atoms with Gasteiger partial charge in [-0.1, -0.05) is 12.2 Å². The van der Waals surface area contributed by atoms with Crippen molar-refractivity contribution < 1.29 is 14.3 Å². The average Bonchev–Trinajstić information content (AvgIpc) is 2.30. The number of nitrogens with one attached hydrogen (secondary N) is 1. The van der Waals surface area contributed by atoms with E-state index in [0.717, 1.165) is 0 Å². The Balaban J connectivity index is 3.98. The fourth-order valence-corrected chi connectivity index (χ4v) is 1.26. The number of carbonyl (C=O) groups excluding carboxylic acids is 2. The molecule has 0 aliphatic heterocycles. The summed E-state index contributed by atoms with van der Waals surface area (Å²) in [4.78, 5) is 22.8. The van der Waals surface area contributed by atoms with E-state index in [9.17, 15) is 9.59 Å². The van der Waals surface area contributed by atoms with Crippen molar-refractivity contribution in [3.63, 3.8) is 0 Å². The average molecular weight is 253 g/mol. The molecule has 0 spiro atoms. The van der Waals surface area contributed by atoms with Crippen molar-refractivity contribution in [2.45, 2.75) is 45.1 Å². The van der Waals surface area contributed by atoms with E-state index in [1.165, 1.54) is 0 Å². The first-order chi connectivity index (χ1) is 8.41. The molecule has 0 unspecified atom stereocenters. The molecular weight excluding hydrogens is 230 g/mol. The van der Waals surface area contributed by atoms with Gasteiger partial charge in [-0.15, -0.1) is 13.2 Å². The second kappa shape index (κ2) is 8.50. The zero-order valence-electron chi connectivity index (χ0n) is 11.3. The minimum absolute atomic E-state index is 0.0676. The second-order valence-electron chi connectivity index (χ2n) is 4.75. The Morgan fingerprint density at radius 2 is 1.72 bits per heavy atom. The maximum Gasteiger partial charge on any atom is 0.306 e. The lowest BCUT2D eigenvalue weighted by Gasteiger charge is -2.25. The summed E-state index contributed by atoms with van der Waals surface area (Å²) in [5.74, 6) is -0.342. The first-order valence-electron chi connectivity index (χ1n) is 6.09. The van der Waals surface area contributed by atoms with E-state index in [1.807, 2.05) is 13.8 Å². The Morgan fingerprint density at radius 3 is 2.28 bits per heavy atom. The van der Waals surface area contributed by atoms with Crippen LogP contribution in [0.15, 0.2) is 25.3 Å². The first-order valence-corrected chi connectivity index (χ1v) is 6.09. The van der Waals surface area contributed by atoms with Crippen LogP contribution in [0.4, 0.5) is 0 Å². The van der Waals surface area contributed by atoms with E-state index in [2.05, 4.69) is 18.5 Å². The Labute approximate surface area is 109 Å². The molecule has 0 heterocycles. The number of rotatable bonds is 9. The predicted octanol–water partition coefficient (Wildman–Crippen LogP) is 2.36. The SMILES string of the molecule is C=CCCC(=O)NC(C)(C)COC(=O)CCC=C. The number of carbonyl (C=O) groups is 2. The fourth-order valence-electron chi connectivity index (χ4n) is 1.26. The van der Waals surface area contributed by atoms with E-state index in [4.69, 9.17) is 4.74 Å². The molecule has 18 heavy (non-hydrogen) atoms. The van der Waals surface area contributed by atoms with Crippen molar-refractivity contribution in [3.8, 4) is 0 Å². The van der Waals surface area contributed by atoms with E-state index < -0.39 is 5.54 Å². The van der Waals surface area contributed by atoms with Crippen molar-refractivity contribution in [1.29, 1.82) is 0 Å². The summed E-state index contributed by atoms with van der Waals surface area (Å²) < 4.78 is 5.09. The molecule has 0 radical (unpaired) electrons. The smallest absolute Gasteiger partial charge is 0.306 e. The van der Waals surface area contributed by atoms with Crippen LogP contribution in [0.1, 0.15) is 39.5 Å². The molecule has 1 N–H and O–H groups in total. The maximum atomic E-state index is 11.5. The van der Waals surface area contributed by atoms with Crippen molar-refractivity contribution >= 4 is 11.9 Å². The molecule has 0 saturated heterocycles. The van der Waals surface area contributed by atoms with E-state index >= 15 is 0 Å². The first kappa shape index (κ1) is 16.4. The largest absolute Gasteiger partial charge is 0.463 e. The van der Waals surface area contributed by atoms with E-state index in [1.54, 1.807) is 12.2 Å². The molecule has 0 aromatic carbocycles. The van der Waals surface area contributed by atoms with Crippen LogP contribution in [0.5, 0.6) is 0 Å². The third kappa shape index (κ3) is 8.56. The highest BCUT2D eigenvalue weighted by molar-refractivity contribution is 5.77. The van der Waals surface area contributed by atoms with Gasteiger partial charge in [0.25, 0.3) is 0 Å². The number of ether oxygens (including phenoxy) is 1. The topological polar surface area (TPSA) is 55.4 Å². The van der Waals surface area contributed by atoms with Gasteiger partial charge in [-0.25, -0.2) is 0 Å². The van der Waals surface area contributed by atoms with Gasteiger partial charge in [0.2, 0.25) is 5.91 Å². The second-order valence-corrected chi connectivity index (χ2v) is 4.75. The monoisotopic (exact) mass is 253 g/mol. The zero-order valence-corrected chi connectivity index (χ0v) is 11.3. The quantitative estimate of drug-likeness (QED) is 0.507. The van der Waals surface area contributed by atoms with Crippen LogP contribution in [-0.4, -0.2) is 24.0 Å². The van der Waals surface area contributed by atoms with Crippen LogP contribution in [0.2, 0.25) is 0 Å². The summed E-state index contributed by atoms with van der Waals surface area (Å²) in [5.41, 5.74) is -0.553. The van der Waals surface area contributed by atoms with Crippen molar-refractivity contribution in [3.05, 3.63) is 25.3 Å². The van der Waals surface area contributed by atoms with Crippen LogP contribution >= 0.6 is 0 Å². The van der Waals surface area contributed by atoms with Gasteiger partial charge >= 0.3 is 5.97 Å². The third-order valence-electron chi connectivity index (χ3n) is 2.20. The van der Waals surface area contributed by atoms with E-state index in [-0.39, 0.29) is 18.5 Å². The third-order valence-corrected chi connectivity index (χ3v) is 2.20. The lowest BCUT2D eigenvalue weighted by Crippen LogP contribution is -2.47. The molecule has 0 aromatic heterocycles. The Hall–Kier alpha value is -1.58. The highest BCUT2D eigenvalue weighted by Crippen LogP contribution is 2.06. The highest BCUT2D eigenvalue weighted by Gasteiger charge is 2.22.